The number of sulfonamides is 1. The summed E-state index contributed by atoms with van der Waals surface area (Å²) in [5.41, 5.74) is 0.902. The third-order valence-corrected chi connectivity index (χ3v) is 6.54. The number of nitrogens with one attached hydrogen (secondary N) is 1. The average Bonchev–Trinajstić information content (AvgIpc) is 3.12. The first-order chi connectivity index (χ1) is 14.2. The molecule has 7 nitrogen and oxygen atoms in total. The smallest absolute Gasteiger partial charge is 0.243 e. The van der Waals surface area contributed by atoms with Crippen molar-refractivity contribution in [1.29, 1.82) is 0 Å². The molecular formula is C20H20ClFN4O3S. The Balaban J connectivity index is 1.61. The van der Waals surface area contributed by atoms with E-state index in [1.807, 2.05) is 0 Å². The van der Waals surface area contributed by atoms with Gasteiger partial charge in [0.15, 0.2) is 0 Å². The van der Waals surface area contributed by atoms with Crippen LogP contribution in [0, 0.1) is 12.7 Å². The van der Waals surface area contributed by atoms with Gasteiger partial charge in [-0.3, -0.25) is 4.79 Å². The van der Waals surface area contributed by atoms with E-state index >= 15 is 0 Å². The molecule has 0 saturated heterocycles. The molecule has 0 aliphatic heterocycles. The van der Waals surface area contributed by atoms with Gasteiger partial charge in [-0.1, -0.05) is 17.7 Å². The number of carbonyl (C=O) groups is 1. The lowest BCUT2D eigenvalue weighted by atomic mass is 10.2. The number of aromatic nitrogens is 2. The second-order valence-corrected chi connectivity index (χ2v) is 9.10. The van der Waals surface area contributed by atoms with E-state index < -0.39 is 21.7 Å². The fraction of sp³-hybridized carbons (Fsp3) is 0.200. The monoisotopic (exact) mass is 450 g/mol. The molecule has 1 aromatic heterocycles. The quantitative estimate of drug-likeness (QED) is 0.599. The van der Waals surface area contributed by atoms with Crippen molar-refractivity contribution in [2.75, 3.05) is 13.6 Å². The zero-order chi connectivity index (χ0) is 21.9. The van der Waals surface area contributed by atoms with Crippen molar-refractivity contribution in [2.24, 2.45) is 0 Å². The molecule has 0 bridgehead atoms. The van der Waals surface area contributed by atoms with Crippen molar-refractivity contribution in [3.63, 3.8) is 0 Å². The van der Waals surface area contributed by atoms with Crippen molar-refractivity contribution in [3.8, 4) is 5.69 Å². The summed E-state index contributed by atoms with van der Waals surface area (Å²) in [7, 11) is -2.52. The van der Waals surface area contributed by atoms with Gasteiger partial charge in [0, 0.05) is 31.0 Å². The van der Waals surface area contributed by atoms with Gasteiger partial charge < -0.3 is 9.88 Å². The van der Waals surface area contributed by atoms with Gasteiger partial charge in [0.25, 0.3) is 0 Å². The summed E-state index contributed by atoms with van der Waals surface area (Å²) in [5.74, 6) is -0.310. The minimum Gasteiger partial charge on any atom is -0.351 e. The minimum absolute atomic E-state index is 0.0367. The van der Waals surface area contributed by atoms with Crippen LogP contribution >= 0.6 is 11.6 Å². The number of halogens is 2. The van der Waals surface area contributed by atoms with Crippen LogP contribution in [-0.2, 0) is 21.4 Å². The molecular weight excluding hydrogens is 431 g/mol. The van der Waals surface area contributed by atoms with Gasteiger partial charge in [0.05, 0.1) is 17.1 Å². The number of hydrogen-bond acceptors (Lipinski definition) is 4. The van der Waals surface area contributed by atoms with Gasteiger partial charge in [-0.25, -0.2) is 17.8 Å². The fourth-order valence-corrected chi connectivity index (χ4v) is 4.07. The molecule has 0 aliphatic rings. The number of aryl methyl sites for hydroxylation is 1. The normalized spacial score (nSPS) is 11.6. The predicted molar refractivity (Wildman–Crippen MR) is 111 cm³/mol. The first-order valence-electron chi connectivity index (χ1n) is 8.96. The lowest BCUT2D eigenvalue weighted by Gasteiger charge is -2.17. The van der Waals surface area contributed by atoms with Crippen molar-refractivity contribution in [1.82, 2.24) is 19.2 Å². The number of nitrogens with zero attached hydrogens (tertiary/aromatic N) is 3. The van der Waals surface area contributed by atoms with Crippen LogP contribution in [0.3, 0.4) is 0 Å². The number of imidazole rings is 1. The van der Waals surface area contributed by atoms with Crippen LogP contribution < -0.4 is 5.32 Å². The average molecular weight is 451 g/mol. The molecule has 158 valence electrons. The van der Waals surface area contributed by atoms with E-state index in [-0.39, 0.29) is 18.0 Å². The van der Waals surface area contributed by atoms with Crippen molar-refractivity contribution < 1.29 is 17.6 Å². The van der Waals surface area contributed by atoms with Crippen LogP contribution in [0.2, 0.25) is 5.02 Å². The topological polar surface area (TPSA) is 84.3 Å². The van der Waals surface area contributed by atoms with Crippen molar-refractivity contribution in [3.05, 3.63) is 77.1 Å². The molecule has 0 unspecified atom stereocenters. The van der Waals surface area contributed by atoms with E-state index in [9.17, 15) is 17.6 Å². The highest BCUT2D eigenvalue weighted by Crippen LogP contribution is 2.18. The first kappa shape index (κ1) is 21.9. The molecule has 0 aliphatic carbocycles. The Bertz CT molecular complexity index is 1160. The van der Waals surface area contributed by atoms with Gasteiger partial charge in [-0.15, -0.1) is 0 Å². The summed E-state index contributed by atoms with van der Waals surface area (Å²) in [6.07, 6.45) is 3.24. The number of carbonyl (C=O) groups excluding carboxylic acids is 1. The van der Waals surface area contributed by atoms with Gasteiger partial charge in [-0.2, -0.15) is 4.31 Å². The molecule has 3 aromatic rings. The van der Waals surface area contributed by atoms with Crippen LogP contribution in [-0.4, -0.2) is 41.8 Å². The van der Waals surface area contributed by atoms with E-state index in [2.05, 4.69) is 10.3 Å². The van der Waals surface area contributed by atoms with Crippen LogP contribution in [0.4, 0.5) is 4.39 Å². The van der Waals surface area contributed by atoms with E-state index in [1.54, 1.807) is 36.0 Å². The molecule has 0 radical (unpaired) electrons. The Hall–Kier alpha value is -2.75. The number of likely N-dealkylation sites (N-methyl/N-ethyl adjacent to an activating group) is 1. The number of hydrogen-bond donors (Lipinski definition) is 1. The van der Waals surface area contributed by atoms with Crippen LogP contribution in [0.15, 0.2) is 59.8 Å². The van der Waals surface area contributed by atoms with Crippen molar-refractivity contribution in [2.45, 2.75) is 18.4 Å². The molecule has 1 heterocycles. The summed E-state index contributed by atoms with van der Waals surface area (Å²) < 4.78 is 42.0. The highest BCUT2D eigenvalue weighted by Gasteiger charge is 2.22. The number of amides is 1. The molecule has 0 saturated carbocycles. The second-order valence-electron chi connectivity index (χ2n) is 6.62. The molecule has 0 fully saturated rings. The van der Waals surface area contributed by atoms with Gasteiger partial charge in [0.1, 0.15) is 11.6 Å². The molecule has 0 atom stereocenters. The summed E-state index contributed by atoms with van der Waals surface area (Å²) >= 11 is 5.78. The van der Waals surface area contributed by atoms with E-state index in [0.717, 1.165) is 4.31 Å². The second kappa shape index (κ2) is 8.95. The number of rotatable bonds is 7. The summed E-state index contributed by atoms with van der Waals surface area (Å²) in [4.78, 5) is 16.3. The zero-order valence-electron chi connectivity index (χ0n) is 16.3. The van der Waals surface area contributed by atoms with Gasteiger partial charge in [-0.05, 0) is 48.9 Å². The van der Waals surface area contributed by atoms with E-state index in [4.69, 9.17) is 11.6 Å². The standard InChI is InChI=1S/C20H20ClFN4O3S/c1-14-23-9-10-26(14)19-8-3-15(11-18(19)22)12-24-20(27)13-25(2)30(28,29)17-6-4-16(21)5-7-17/h3-11H,12-13H2,1-2H3,(H,24,27). The van der Waals surface area contributed by atoms with Crippen LogP contribution in [0.1, 0.15) is 11.4 Å². The Morgan fingerprint density at radius 3 is 2.53 bits per heavy atom. The zero-order valence-corrected chi connectivity index (χ0v) is 17.9. The highest BCUT2D eigenvalue weighted by molar-refractivity contribution is 7.89. The van der Waals surface area contributed by atoms with E-state index in [1.165, 1.54) is 37.4 Å². The maximum absolute atomic E-state index is 14.4. The molecule has 2 aromatic carbocycles. The third-order valence-electron chi connectivity index (χ3n) is 4.48. The van der Waals surface area contributed by atoms with Crippen LogP contribution in [0.5, 0.6) is 0 Å². The van der Waals surface area contributed by atoms with Crippen molar-refractivity contribution >= 4 is 27.5 Å². The lowest BCUT2D eigenvalue weighted by Crippen LogP contribution is -2.38. The largest absolute Gasteiger partial charge is 0.351 e. The highest BCUT2D eigenvalue weighted by atomic mass is 35.5. The van der Waals surface area contributed by atoms with E-state index in [0.29, 0.717) is 22.1 Å². The fourth-order valence-electron chi connectivity index (χ4n) is 2.82. The summed E-state index contributed by atoms with van der Waals surface area (Å²) in [5, 5.41) is 3.02. The molecule has 1 N–H and O–H groups in total. The molecule has 1 amide bonds. The summed E-state index contributed by atoms with van der Waals surface area (Å²) in [6, 6.07) is 10.3. The maximum Gasteiger partial charge on any atom is 0.243 e. The number of benzene rings is 2. The van der Waals surface area contributed by atoms with Gasteiger partial charge in [0.2, 0.25) is 15.9 Å². The lowest BCUT2D eigenvalue weighted by molar-refractivity contribution is -0.121. The Labute approximate surface area is 179 Å². The maximum atomic E-state index is 14.4. The SMILES string of the molecule is Cc1nccn1-c1ccc(CNC(=O)CN(C)S(=O)(=O)c2ccc(Cl)cc2)cc1F. The Morgan fingerprint density at radius 1 is 1.23 bits per heavy atom. The van der Waals surface area contributed by atoms with Crippen LogP contribution in [0.25, 0.3) is 5.69 Å². The van der Waals surface area contributed by atoms with Gasteiger partial charge >= 0.3 is 0 Å². The molecule has 0 spiro atoms. The molecule has 3 rings (SSSR count). The minimum atomic E-state index is -3.83. The first-order valence-corrected chi connectivity index (χ1v) is 10.8. The third kappa shape index (κ3) is 4.86. The molecule has 10 heteroatoms. The summed E-state index contributed by atoms with van der Waals surface area (Å²) in [6.45, 7) is 1.45. The Morgan fingerprint density at radius 2 is 1.93 bits per heavy atom. The predicted octanol–water partition coefficient (Wildman–Crippen LogP) is 2.91. The molecule has 30 heavy (non-hydrogen) atoms. The Kier molecular flexibility index (Phi) is 6.55.